The van der Waals surface area contributed by atoms with Gasteiger partial charge in [-0.2, -0.15) is 0 Å². The normalized spacial score (nSPS) is 38.2. The largest absolute Gasteiger partial charge is 0.396 e. The zero-order valence-electron chi connectivity index (χ0n) is 4.60. The highest BCUT2D eigenvalue weighted by Gasteiger charge is 2.25. The fourth-order valence-electron chi connectivity index (χ4n) is 0.880. The number of hydrogen-bond acceptors (Lipinski definition) is 2. The first kappa shape index (κ1) is 5.98. The monoisotopic (exact) mass is 119 g/mol. The Bertz CT molecular complexity index is 78.8. The standard InChI is InChI=1S/C5H10FNO/c6-5-2-7-1-4(5)3-8/h4-5,7-8H,1-3H2/t4-,5+/m1/s1. The third-order valence-corrected chi connectivity index (χ3v) is 1.49. The van der Waals surface area contributed by atoms with Crippen LogP contribution in [-0.4, -0.2) is 31.0 Å². The molecule has 0 aliphatic carbocycles. The van der Waals surface area contributed by atoms with Gasteiger partial charge in [-0.3, -0.25) is 0 Å². The number of nitrogens with one attached hydrogen (secondary N) is 1. The quantitative estimate of drug-likeness (QED) is 0.489. The predicted octanol–water partition coefficient (Wildman–Crippen LogP) is -0.464. The molecular formula is C5H10FNO. The van der Waals surface area contributed by atoms with Crippen LogP contribution in [-0.2, 0) is 0 Å². The molecule has 0 saturated carbocycles. The Kier molecular flexibility index (Phi) is 1.81. The molecule has 0 aromatic rings. The van der Waals surface area contributed by atoms with Gasteiger partial charge in [0.05, 0.1) is 0 Å². The van der Waals surface area contributed by atoms with Crippen LogP contribution in [0, 0.1) is 5.92 Å². The van der Waals surface area contributed by atoms with Gasteiger partial charge in [0.15, 0.2) is 0 Å². The van der Waals surface area contributed by atoms with Crippen molar-refractivity contribution in [1.29, 1.82) is 0 Å². The highest BCUT2D eigenvalue weighted by atomic mass is 19.1. The molecule has 1 fully saturated rings. The fraction of sp³-hybridized carbons (Fsp3) is 1.00. The van der Waals surface area contributed by atoms with E-state index in [2.05, 4.69) is 5.32 Å². The van der Waals surface area contributed by atoms with E-state index in [9.17, 15) is 4.39 Å². The van der Waals surface area contributed by atoms with Gasteiger partial charge in [0, 0.05) is 25.6 Å². The second kappa shape index (κ2) is 2.42. The summed E-state index contributed by atoms with van der Waals surface area (Å²) in [6, 6.07) is 0. The van der Waals surface area contributed by atoms with Gasteiger partial charge in [0.2, 0.25) is 0 Å². The lowest BCUT2D eigenvalue weighted by Crippen LogP contribution is -2.16. The van der Waals surface area contributed by atoms with Crippen molar-refractivity contribution in [2.45, 2.75) is 6.17 Å². The molecule has 0 bridgehead atoms. The number of aliphatic hydroxyl groups excluding tert-OH is 1. The van der Waals surface area contributed by atoms with E-state index in [0.717, 1.165) is 0 Å². The summed E-state index contributed by atoms with van der Waals surface area (Å²) in [6.45, 7) is 0.997. The van der Waals surface area contributed by atoms with Crippen LogP contribution in [0.1, 0.15) is 0 Å². The summed E-state index contributed by atoms with van der Waals surface area (Å²) in [7, 11) is 0. The summed E-state index contributed by atoms with van der Waals surface area (Å²) in [4.78, 5) is 0. The molecule has 1 aliphatic heterocycles. The van der Waals surface area contributed by atoms with Crippen molar-refractivity contribution >= 4 is 0 Å². The van der Waals surface area contributed by atoms with E-state index in [1.165, 1.54) is 0 Å². The van der Waals surface area contributed by atoms with Gasteiger partial charge < -0.3 is 10.4 Å². The Hall–Kier alpha value is -0.150. The average molecular weight is 119 g/mol. The first-order valence-electron chi connectivity index (χ1n) is 2.80. The van der Waals surface area contributed by atoms with Crippen molar-refractivity contribution in [1.82, 2.24) is 5.32 Å². The molecule has 0 amide bonds. The van der Waals surface area contributed by atoms with Crippen molar-refractivity contribution in [3.8, 4) is 0 Å². The van der Waals surface area contributed by atoms with E-state index >= 15 is 0 Å². The molecule has 8 heavy (non-hydrogen) atoms. The van der Waals surface area contributed by atoms with Crippen LogP contribution in [0.3, 0.4) is 0 Å². The Labute approximate surface area is 47.7 Å². The maximum absolute atomic E-state index is 12.4. The molecule has 2 N–H and O–H groups in total. The second-order valence-electron chi connectivity index (χ2n) is 2.12. The van der Waals surface area contributed by atoms with Gasteiger partial charge in [-0.1, -0.05) is 0 Å². The summed E-state index contributed by atoms with van der Waals surface area (Å²) < 4.78 is 12.4. The highest BCUT2D eigenvalue weighted by Crippen LogP contribution is 2.10. The van der Waals surface area contributed by atoms with E-state index in [0.29, 0.717) is 13.1 Å². The van der Waals surface area contributed by atoms with Crippen molar-refractivity contribution in [2.24, 2.45) is 5.92 Å². The summed E-state index contributed by atoms with van der Waals surface area (Å²) in [6.07, 6.45) is -0.833. The minimum atomic E-state index is -0.833. The molecule has 1 rings (SSSR count). The van der Waals surface area contributed by atoms with Crippen molar-refractivity contribution in [3.63, 3.8) is 0 Å². The lowest BCUT2D eigenvalue weighted by molar-refractivity contribution is 0.175. The molecule has 1 heterocycles. The molecular weight excluding hydrogens is 109 g/mol. The van der Waals surface area contributed by atoms with Crippen LogP contribution < -0.4 is 5.32 Å². The third-order valence-electron chi connectivity index (χ3n) is 1.49. The van der Waals surface area contributed by atoms with Gasteiger partial charge in [0.1, 0.15) is 6.17 Å². The van der Waals surface area contributed by atoms with Crippen LogP contribution >= 0.6 is 0 Å². The van der Waals surface area contributed by atoms with E-state index < -0.39 is 6.17 Å². The summed E-state index contributed by atoms with van der Waals surface area (Å²) >= 11 is 0. The van der Waals surface area contributed by atoms with E-state index in [1.807, 2.05) is 0 Å². The van der Waals surface area contributed by atoms with E-state index in [-0.39, 0.29) is 12.5 Å². The Morgan fingerprint density at radius 1 is 1.62 bits per heavy atom. The van der Waals surface area contributed by atoms with Crippen molar-refractivity contribution in [2.75, 3.05) is 19.7 Å². The topological polar surface area (TPSA) is 32.3 Å². The number of alkyl halides is 1. The Morgan fingerprint density at radius 2 is 2.38 bits per heavy atom. The molecule has 0 unspecified atom stereocenters. The predicted molar refractivity (Wildman–Crippen MR) is 28.3 cm³/mol. The molecule has 3 heteroatoms. The molecule has 1 saturated heterocycles. The summed E-state index contributed by atoms with van der Waals surface area (Å²) in [5.74, 6) is -0.157. The molecule has 0 radical (unpaired) electrons. The van der Waals surface area contributed by atoms with Crippen LogP contribution in [0.5, 0.6) is 0 Å². The fourth-order valence-corrected chi connectivity index (χ4v) is 0.880. The maximum Gasteiger partial charge on any atom is 0.119 e. The smallest absolute Gasteiger partial charge is 0.119 e. The third kappa shape index (κ3) is 0.980. The zero-order valence-corrected chi connectivity index (χ0v) is 4.60. The molecule has 1 aliphatic rings. The van der Waals surface area contributed by atoms with Crippen LogP contribution in [0.25, 0.3) is 0 Å². The number of aliphatic hydroxyl groups is 1. The molecule has 0 aromatic heterocycles. The van der Waals surface area contributed by atoms with E-state index in [1.54, 1.807) is 0 Å². The Morgan fingerprint density at radius 3 is 2.62 bits per heavy atom. The van der Waals surface area contributed by atoms with E-state index in [4.69, 9.17) is 5.11 Å². The Balaban J connectivity index is 2.30. The molecule has 2 nitrogen and oxygen atoms in total. The second-order valence-corrected chi connectivity index (χ2v) is 2.12. The van der Waals surface area contributed by atoms with Gasteiger partial charge >= 0.3 is 0 Å². The van der Waals surface area contributed by atoms with Gasteiger partial charge in [0.25, 0.3) is 0 Å². The van der Waals surface area contributed by atoms with Gasteiger partial charge in [-0.05, 0) is 0 Å². The number of hydrogen-bond donors (Lipinski definition) is 2. The van der Waals surface area contributed by atoms with Gasteiger partial charge in [-0.15, -0.1) is 0 Å². The van der Waals surface area contributed by atoms with Crippen LogP contribution in [0.4, 0.5) is 4.39 Å². The summed E-state index contributed by atoms with van der Waals surface area (Å²) in [5, 5.41) is 11.3. The first-order chi connectivity index (χ1) is 3.84. The van der Waals surface area contributed by atoms with Crippen LogP contribution in [0.15, 0.2) is 0 Å². The number of rotatable bonds is 1. The lowest BCUT2D eigenvalue weighted by Gasteiger charge is -2.04. The molecule has 48 valence electrons. The maximum atomic E-state index is 12.4. The molecule has 2 atom stereocenters. The minimum Gasteiger partial charge on any atom is -0.396 e. The zero-order chi connectivity index (χ0) is 5.98. The highest BCUT2D eigenvalue weighted by molar-refractivity contribution is 4.79. The molecule has 0 spiro atoms. The number of halogens is 1. The minimum absolute atomic E-state index is 0.0336. The molecule has 0 aromatic carbocycles. The van der Waals surface area contributed by atoms with Crippen molar-refractivity contribution < 1.29 is 9.50 Å². The van der Waals surface area contributed by atoms with Gasteiger partial charge in [-0.25, -0.2) is 4.39 Å². The SMILES string of the molecule is OC[C@H]1CNC[C@@H]1F. The van der Waals surface area contributed by atoms with Crippen molar-refractivity contribution in [3.05, 3.63) is 0 Å². The van der Waals surface area contributed by atoms with Crippen LogP contribution in [0.2, 0.25) is 0 Å². The lowest BCUT2D eigenvalue weighted by atomic mass is 10.1. The summed E-state index contributed by atoms with van der Waals surface area (Å²) in [5.41, 5.74) is 0. The average Bonchev–Trinajstić information content (AvgIpc) is 2.14. The first-order valence-corrected chi connectivity index (χ1v) is 2.80.